The lowest BCUT2D eigenvalue weighted by molar-refractivity contribution is 0.165. The van der Waals surface area contributed by atoms with E-state index in [1.165, 1.54) is 32.1 Å². The van der Waals surface area contributed by atoms with Crippen LogP contribution >= 0.6 is 11.6 Å². The maximum atomic E-state index is 5.95. The summed E-state index contributed by atoms with van der Waals surface area (Å²) in [6.07, 6.45) is 6.41. The second-order valence-corrected chi connectivity index (χ2v) is 6.17. The summed E-state index contributed by atoms with van der Waals surface area (Å²) < 4.78 is 5.82. The third-order valence-electron chi connectivity index (χ3n) is 4.48. The number of ether oxygens (including phenoxy) is 1. The number of nitrogens with two attached hydrogens (primary N) is 1. The Morgan fingerprint density at radius 2 is 2.10 bits per heavy atom. The fourth-order valence-electron chi connectivity index (χ4n) is 3.06. The maximum absolute atomic E-state index is 5.95. The second-order valence-electron chi connectivity index (χ2n) is 5.73. The molecule has 1 saturated carbocycles. The summed E-state index contributed by atoms with van der Waals surface area (Å²) in [5, 5.41) is 0.697. The van der Waals surface area contributed by atoms with E-state index in [2.05, 4.69) is 12.3 Å². The van der Waals surface area contributed by atoms with Crippen molar-refractivity contribution in [3.8, 4) is 5.75 Å². The van der Waals surface area contributed by atoms with Gasteiger partial charge < -0.3 is 4.74 Å². The summed E-state index contributed by atoms with van der Waals surface area (Å²) in [5.74, 6) is 8.03. The van der Waals surface area contributed by atoms with Crippen molar-refractivity contribution in [1.29, 1.82) is 0 Å². The topological polar surface area (TPSA) is 47.3 Å². The van der Waals surface area contributed by atoms with Gasteiger partial charge in [0.1, 0.15) is 12.4 Å². The maximum Gasteiger partial charge on any atom is 0.120 e. The summed E-state index contributed by atoms with van der Waals surface area (Å²) in [7, 11) is 0. The molecule has 3 N–H and O–H groups in total. The van der Waals surface area contributed by atoms with Crippen LogP contribution in [-0.4, -0.2) is 12.6 Å². The number of hydrogen-bond acceptors (Lipinski definition) is 3. The molecule has 1 unspecified atom stereocenters. The number of halogens is 1. The predicted molar refractivity (Wildman–Crippen MR) is 83.8 cm³/mol. The molecule has 0 bridgehead atoms. The Balaban J connectivity index is 1.83. The standard InChI is InChI=1S/C16H25ClN2O/c1-2-12-6-8-13(9-7-12)16(19-18)11-20-15-5-3-4-14(17)10-15/h3-5,10,12-13,16,19H,2,6-9,11,18H2,1H3. The first-order valence-electron chi connectivity index (χ1n) is 7.57. The molecule has 1 aromatic rings. The van der Waals surface area contributed by atoms with Gasteiger partial charge in [0.2, 0.25) is 0 Å². The van der Waals surface area contributed by atoms with Crippen molar-refractivity contribution in [2.75, 3.05) is 6.61 Å². The molecule has 3 nitrogen and oxygen atoms in total. The van der Waals surface area contributed by atoms with Crippen LogP contribution in [0, 0.1) is 11.8 Å². The quantitative estimate of drug-likeness (QED) is 0.620. The average molecular weight is 297 g/mol. The van der Waals surface area contributed by atoms with Gasteiger partial charge in [-0.2, -0.15) is 0 Å². The van der Waals surface area contributed by atoms with Gasteiger partial charge in [-0.25, -0.2) is 0 Å². The molecule has 1 aliphatic rings. The first-order valence-corrected chi connectivity index (χ1v) is 7.95. The third-order valence-corrected chi connectivity index (χ3v) is 4.71. The van der Waals surface area contributed by atoms with Gasteiger partial charge in [0, 0.05) is 5.02 Å². The molecule has 0 radical (unpaired) electrons. The molecule has 0 spiro atoms. The molecule has 1 atom stereocenters. The molecule has 112 valence electrons. The molecule has 2 rings (SSSR count). The largest absolute Gasteiger partial charge is 0.492 e. The molecule has 1 aromatic carbocycles. The number of nitrogens with one attached hydrogen (secondary N) is 1. The van der Waals surface area contributed by atoms with Gasteiger partial charge in [-0.05, 0) is 42.9 Å². The van der Waals surface area contributed by atoms with E-state index in [1.54, 1.807) is 0 Å². The van der Waals surface area contributed by atoms with Gasteiger partial charge in [-0.15, -0.1) is 0 Å². The van der Waals surface area contributed by atoms with E-state index in [4.69, 9.17) is 22.2 Å². The number of hydrazine groups is 1. The smallest absolute Gasteiger partial charge is 0.120 e. The van der Waals surface area contributed by atoms with E-state index in [9.17, 15) is 0 Å². The Labute approximate surface area is 126 Å². The molecule has 1 fully saturated rings. The van der Waals surface area contributed by atoms with Gasteiger partial charge in [-0.3, -0.25) is 11.3 Å². The minimum atomic E-state index is 0.215. The summed E-state index contributed by atoms with van der Waals surface area (Å²) in [4.78, 5) is 0. The minimum absolute atomic E-state index is 0.215. The molecular weight excluding hydrogens is 272 g/mol. The Hall–Kier alpha value is -0.770. The van der Waals surface area contributed by atoms with Crippen LogP contribution in [0.25, 0.3) is 0 Å². The summed E-state index contributed by atoms with van der Waals surface area (Å²) >= 11 is 5.95. The van der Waals surface area contributed by atoms with Crippen LogP contribution in [0.4, 0.5) is 0 Å². The van der Waals surface area contributed by atoms with Crippen LogP contribution in [0.2, 0.25) is 5.02 Å². The van der Waals surface area contributed by atoms with E-state index in [-0.39, 0.29) is 6.04 Å². The Kier molecular flexibility index (Phi) is 6.14. The summed E-state index contributed by atoms with van der Waals surface area (Å²) in [6.45, 7) is 2.88. The van der Waals surface area contributed by atoms with E-state index in [0.29, 0.717) is 17.5 Å². The van der Waals surface area contributed by atoms with Gasteiger partial charge in [0.25, 0.3) is 0 Å². The highest BCUT2D eigenvalue weighted by atomic mass is 35.5. The lowest BCUT2D eigenvalue weighted by atomic mass is 9.78. The van der Waals surface area contributed by atoms with E-state index >= 15 is 0 Å². The fraction of sp³-hybridized carbons (Fsp3) is 0.625. The summed E-state index contributed by atoms with van der Waals surface area (Å²) in [6, 6.07) is 7.72. The zero-order valence-electron chi connectivity index (χ0n) is 12.1. The number of rotatable bonds is 6. The van der Waals surface area contributed by atoms with Gasteiger partial charge in [0.15, 0.2) is 0 Å². The molecule has 0 saturated heterocycles. The molecule has 0 heterocycles. The van der Waals surface area contributed by atoms with E-state index in [0.717, 1.165) is 11.7 Å². The Morgan fingerprint density at radius 3 is 2.70 bits per heavy atom. The Morgan fingerprint density at radius 1 is 1.35 bits per heavy atom. The second kappa shape index (κ2) is 7.87. The van der Waals surface area contributed by atoms with Crippen LogP contribution in [0.5, 0.6) is 5.75 Å². The van der Waals surface area contributed by atoms with Crippen LogP contribution in [0.15, 0.2) is 24.3 Å². The monoisotopic (exact) mass is 296 g/mol. The van der Waals surface area contributed by atoms with Crippen molar-refractivity contribution < 1.29 is 4.74 Å². The summed E-state index contributed by atoms with van der Waals surface area (Å²) in [5.41, 5.74) is 2.93. The average Bonchev–Trinajstić information content (AvgIpc) is 2.48. The fourth-order valence-corrected chi connectivity index (χ4v) is 3.24. The predicted octanol–water partition coefficient (Wildman–Crippen LogP) is 3.77. The van der Waals surface area contributed by atoms with E-state index in [1.807, 2.05) is 24.3 Å². The van der Waals surface area contributed by atoms with Crippen LogP contribution in [0.1, 0.15) is 39.0 Å². The minimum Gasteiger partial charge on any atom is -0.492 e. The van der Waals surface area contributed by atoms with Crippen LogP contribution in [-0.2, 0) is 0 Å². The van der Waals surface area contributed by atoms with Crippen LogP contribution in [0.3, 0.4) is 0 Å². The van der Waals surface area contributed by atoms with Crippen molar-refractivity contribution in [3.63, 3.8) is 0 Å². The van der Waals surface area contributed by atoms with Crippen molar-refractivity contribution in [1.82, 2.24) is 5.43 Å². The Bertz CT molecular complexity index is 405. The zero-order valence-corrected chi connectivity index (χ0v) is 12.9. The lowest BCUT2D eigenvalue weighted by Gasteiger charge is -2.33. The van der Waals surface area contributed by atoms with Crippen molar-refractivity contribution in [2.24, 2.45) is 17.7 Å². The molecule has 0 aromatic heterocycles. The first-order chi connectivity index (χ1) is 9.72. The van der Waals surface area contributed by atoms with Crippen molar-refractivity contribution in [3.05, 3.63) is 29.3 Å². The van der Waals surface area contributed by atoms with Gasteiger partial charge >= 0.3 is 0 Å². The SMILES string of the molecule is CCC1CCC(C(COc2cccc(Cl)c2)NN)CC1. The van der Waals surface area contributed by atoms with Gasteiger partial charge in [0.05, 0.1) is 6.04 Å². The van der Waals surface area contributed by atoms with Crippen molar-refractivity contribution in [2.45, 2.75) is 45.1 Å². The molecule has 1 aliphatic carbocycles. The lowest BCUT2D eigenvalue weighted by Crippen LogP contribution is -2.46. The van der Waals surface area contributed by atoms with Crippen molar-refractivity contribution >= 4 is 11.6 Å². The number of hydrogen-bond donors (Lipinski definition) is 2. The first kappa shape index (κ1) is 15.6. The van der Waals surface area contributed by atoms with Gasteiger partial charge in [-0.1, -0.05) is 43.9 Å². The molecule has 4 heteroatoms. The molecule has 20 heavy (non-hydrogen) atoms. The van der Waals surface area contributed by atoms with E-state index < -0.39 is 0 Å². The molecule has 0 amide bonds. The molecular formula is C16H25ClN2O. The number of benzene rings is 1. The normalized spacial score (nSPS) is 24.4. The van der Waals surface area contributed by atoms with Crippen LogP contribution < -0.4 is 16.0 Å². The third kappa shape index (κ3) is 4.37. The zero-order chi connectivity index (χ0) is 14.4. The highest BCUT2D eigenvalue weighted by Gasteiger charge is 2.26. The highest BCUT2D eigenvalue weighted by molar-refractivity contribution is 6.30. The highest BCUT2D eigenvalue weighted by Crippen LogP contribution is 2.32. The molecule has 0 aliphatic heterocycles.